The zero-order valence-corrected chi connectivity index (χ0v) is 14.4. The highest BCUT2D eigenvalue weighted by Crippen LogP contribution is 2.30. The molecule has 0 saturated heterocycles. The molecule has 0 fully saturated rings. The number of ether oxygens (including phenoxy) is 1. The van der Waals surface area contributed by atoms with Crippen LogP contribution in [0.1, 0.15) is 41.6 Å². The summed E-state index contributed by atoms with van der Waals surface area (Å²) in [7, 11) is 3.66. The Morgan fingerprint density at radius 2 is 1.96 bits per heavy atom. The van der Waals surface area contributed by atoms with Crippen LogP contribution in [-0.2, 0) is 9.53 Å². The predicted octanol–water partition coefficient (Wildman–Crippen LogP) is 3.62. The van der Waals surface area contributed by atoms with Crippen molar-refractivity contribution >= 4 is 23.5 Å². The van der Waals surface area contributed by atoms with E-state index in [1.807, 2.05) is 19.0 Å². The molecule has 0 unspecified atom stereocenters. The molecule has 5 nitrogen and oxygen atoms in total. The van der Waals surface area contributed by atoms with Crippen LogP contribution in [0.4, 0.5) is 10.1 Å². The second-order valence-corrected chi connectivity index (χ2v) is 6.02. The molecule has 6 heteroatoms. The van der Waals surface area contributed by atoms with Crippen LogP contribution in [-0.4, -0.2) is 37.6 Å². The summed E-state index contributed by atoms with van der Waals surface area (Å²) < 4.78 is 18.7. The fourth-order valence-corrected chi connectivity index (χ4v) is 2.48. The van der Waals surface area contributed by atoms with Crippen molar-refractivity contribution in [2.75, 3.05) is 25.6 Å². The van der Waals surface area contributed by atoms with E-state index in [-0.39, 0.29) is 30.8 Å². The third kappa shape index (κ3) is 4.92. The molecule has 0 atom stereocenters. The molecule has 1 heterocycles. The minimum absolute atomic E-state index is 0.0719. The number of carbonyl (C=O) groups is 2. The van der Waals surface area contributed by atoms with Gasteiger partial charge in [0.05, 0.1) is 6.61 Å². The molecule has 1 aliphatic heterocycles. The van der Waals surface area contributed by atoms with Crippen molar-refractivity contribution in [1.82, 2.24) is 0 Å². The summed E-state index contributed by atoms with van der Waals surface area (Å²) in [6, 6.07) is 3.28. The predicted molar refractivity (Wildman–Crippen MR) is 94.4 cm³/mol. The van der Waals surface area contributed by atoms with Gasteiger partial charge >= 0.3 is 5.97 Å². The number of halogens is 1. The van der Waals surface area contributed by atoms with Crippen molar-refractivity contribution in [2.45, 2.75) is 25.7 Å². The Balaban J connectivity index is 2.37. The number of ketones is 1. The van der Waals surface area contributed by atoms with Gasteiger partial charge in [-0.2, -0.15) is 0 Å². The number of allylic oxidation sites excluding steroid dienone is 2. The van der Waals surface area contributed by atoms with Crippen LogP contribution < -0.4 is 4.90 Å². The van der Waals surface area contributed by atoms with Gasteiger partial charge in [-0.05, 0) is 30.5 Å². The summed E-state index contributed by atoms with van der Waals surface area (Å²) in [4.78, 5) is 25.7. The Labute approximate surface area is 146 Å². The van der Waals surface area contributed by atoms with Crippen LogP contribution in [0, 0.1) is 0 Å². The lowest BCUT2D eigenvalue weighted by Crippen LogP contribution is -2.12. The highest BCUT2D eigenvalue weighted by molar-refractivity contribution is 5.97. The van der Waals surface area contributed by atoms with Crippen LogP contribution >= 0.6 is 0 Å². The number of carbonyl (C=O) groups excluding carboxylic acids is 2. The zero-order chi connectivity index (χ0) is 18.4. The number of nitrogens with zero attached hydrogens (tertiary/aromatic N) is 1. The maximum Gasteiger partial charge on any atom is 0.342 e. The standard InChI is InChI=1S/C19H22FNO4/c1-21(2)14-11-13-7-4-3-5-9-16(22)15(20)8-6-10-25-19(24)18(13)17(23)12-14/h4,7-8,11-12,23H,3,5-6,9-10H2,1-2H3/b7-4+,15-8+. The van der Waals surface area contributed by atoms with Crippen LogP contribution in [0.25, 0.3) is 6.08 Å². The highest BCUT2D eigenvalue weighted by Gasteiger charge is 2.19. The molecule has 1 aromatic carbocycles. The molecule has 0 amide bonds. The summed E-state index contributed by atoms with van der Waals surface area (Å²) in [5.74, 6) is -2.18. The Bertz CT molecular complexity index is 722. The Hall–Kier alpha value is -2.63. The summed E-state index contributed by atoms with van der Waals surface area (Å²) in [6.45, 7) is -0.0719. The molecule has 1 N–H and O–H groups in total. The first-order valence-corrected chi connectivity index (χ1v) is 8.17. The van der Waals surface area contributed by atoms with Gasteiger partial charge < -0.3 is 14.7 Å². The maximum absolute atomic E-state index is 13.6. The molecule has 0 aromatic heterocycles. The van der Waals surface area contributed by atoms with Crippen molar-refractivity contribution < 1.29 is 23.8 Å². The van der Waals surface area contributed by atoms with Crippen LogP contribution in [0.5, 0.6) is 5.75 Å². The molecule has 2 rings (SSSR count). The molecule has 0 aliphatic carbocycles. The zero-order valence-electron chi connectivity index (χ0n) is 14.4. The molecule has 0 spiro atoms. The fraction of sp³-hybridized carbons (Fsp3) is 0.368. The number of benzene rings is 1. The second kappa shape index (κ2) is 8.46. The van der Waals surface area contributed by atoms with Crippen molar-refractivity contribution in [3.05, 3.63) is 41.2 Å². The molecule has 0 bridgehead atoms. The number of aromatic hydroxyl groups is 1. The lowest BCUT2D eigenvalue weighted by molar-refractivity contribution is -0.117. The lowest BCUT2D eigenvalue weighted by Gasteiger charge is -2.16. The molecule has 134 valence electrons. The van der Waals surface area contributed by atoms with Crippen molar-refractivity contribution in [3.63, 3.8) is 0 Å². The number of fused-ring (bicyclic) bond motifs is 1. The number of esters is 1. The van der Waals surface area contributed by atoms with E-state index >= 15 is 0 Å². The first kappa shape index (κ1) is 18.7. The van der Waals surface area contributed by atoms with Gasteiger partial charge in [0.1, 0.15) is 11.3 Å². The van der Waals surface area contributed by atoms with E-state index < -0.39 is 17.6 Å². The second-order valence-electron chi connectivity index (χ2n) is 6.02. The first-order valence-electron chi connectivity index (χ1n) is 8.17. The highest BCUT2D eigenvalue weighted by atomic mass is 19.1. The number of phenolic OH excluding ortho intramolecular Hbond substituents is 1. The van der Waals surface area contributed by atoms with Crippen molar-refractivity contribution in [1.29, 1.82) is 0 Å². The van der Waals surface area contributed by atoms with Crippen molar-refractivity contribution in [3.8, 4) is 5.75 Å². The van der Waals surface area contributed by atoms with E-state index in [0.29, 0.717) is 18.4 Å². The Morgan fingerprint density at radius 3 is 2.68 bits per heavy atom. The third-order valence-electron chi connectivity index (χ3n) is 3.87. The number of Topliss-reactive ketones (excluding diaryl/α,β-unsaturated/α-hetero) is 1. The largest absolute Gasteiger partial charge is 0.507 e. The smallest absolute Gasteiger partial charge is 0.342 e. The fourth-order valence-electron chi connectivity index (χ4n) is 2.48. The van der Waals surface area contributed by atoms with E-state index in [1.165, 1.54) is 6.07 Å². The van der Waals surface area contributed by atoms with E-state index in [2.05, 4.69) is 0 Å². The topological polar surface area (TPSA) is 66.8 Å². The van der Waals surface area contributed by atoms with E-state index in [4.69, 9.17) is 4.74 Å². The Kier molecular flexibility index (Phi) is 6.33. The van der Waals surface area contributed by atoms with E-state index in [9.17, 15) is 19.1 Å². The van der Waals surface area contributed by atoms with E-state index in [0.717, 1.165) is 11.8 Å². The SMILES string of the molecule is CN(C)c1cc(O)c2c(c1)/C=C/CCCC(=O)/C(F)=C\CCOC2=O. The number of anilines is 1. The summed E-state index contributed by atoms with van der Waals surface area (Å²) in [6.07, 6.45) is 5.94. The van der Waals surface area contributed by atoms with Gasteiger partial charge in [0.15, 0.2) is 11.6 Å². The molecule has 0 saturated carbocycles. The first-order chi connectivity index (χ1) is 11.9. The Morgan fingerprint density at radius 1 is 1.20 bits per heavy atom. The normalized spacial score (nSPS) is 19.9. The van der Waals surface area contributed by atoms with Gasteiger partial charge in [-0.1, -0.05) is 12.2 Å². The number of hydrogen-bond donors (Lipinski definition) is 1. The maximum atomic E-state index is 13.6. The average molecular weight is 347 g/mol. The van der Waals surface area contributed by atoms with Gasteiger partial charge in [0.25, 0.3) is 0 Å². The molecular weight excluding hydrogens is 325 g/mol. The van der Waals surface area contributed by atoms with Crippen LogP contribution in [0.3, 0.4) is 0 Å². The quantitative estimate of drug-likeness (QED) is 0.786. The minimum atomic E-state index is -0.795. The van der Waals surface area contributed by atoms with Gasteiger partial charge in [-0.15, -0.1) is 0 Å². The van der Waals surface area contributed by atoms with Crippen molar-refractivity contribution in [2.24, 2.45) is 0 Å². The molecule has 25 heavy (non-hydrogen) atoms. The van der Waals surface area contributed by atoms with Gasteiger partial charge in [-0.25, -0.2) is 9.18 Å². The van der Waals surface area contributed by atoms with Crippen LogP contribution in [0.15, 0.2) is 30.1 Å². The van der Waals surface area contributed by atoms with Crippen LogP contribution in [0.2, 0.25) is 0 Å². The average Bonchev–Trinajstić information content (AvgIpc) is 2.56. The number of rotatable bonds is 1. The minimum Gasteiger partial charge on any atom is -0.507 e. The number of hydrogen-bond acceptors (Lipinski definition) is 5. The third-order valence-corrected chi connectivity index (χ3v) is 3.87. The summed E-state index contributed by atoms with van der Waals surface area (Å²) in [5, 5.41) is 10.3. The van der Waals surface area contributed by atoms with Gasteiger partial charge in [-0.3, -0.25) is 4.79 Å². The lowest BCUT2D eigenvalue weighted by atomic mass is 10.0. The number of cyclic esters (lactones) is 1. The van der Waals surface area contributed by atoms with Gasteiger partial charge in [0.2, 0.25) is 0 Å². The molecular formula is C19H22FNO4. The molecule has 1 aliphatic rings. The van der Waals surface area contributed by atoms with E-state index in [1.54, 1.807) is 18.2 Å². The van der Waals surface area contributed by atoms with Gasteiger partial charge in [0, 0.05) is 38.7 Å². The monoisotopic (exact) mass is 347 g/mol. The molecule has 0 radical (unpaired) electrons. The molecule has 1 aromatic rings. The summed E-state index contributed by atoms with van der Waals surface area (Å²) in [5.41, 5.74) is 1.37. The number of phenols is 1. The summed E-state index contributed by atoms with van der Waals surface area (Å²) >= 11 is 0.